The summed E-state index contributed by atoms with van der Waals surface area (Å²) in [6.07, 6.45) is 13.9. The topological polar surface area (TPSA) is 182 Å². The van der Waals surface area contributed by atoms with Crippen molar-refractivity contribution in [2.75, 3.05) is 242 Å². The van der Waals surface area contributed by atoms with Crippen LogP contribution in [0.4, 0.5) is 21.2 Å². The van der Waals surface area contributed by atoms with Crippen molar-refractivity contribution >= 4 is 39.8 Å². The molecule has 722 valence electrons. The minimum Gasteiger partial charge on any atom is -0.497 e. The monoisotopic (exact) mass is 1850 g/mol. The van der Waals surface area contributed by atoms with Crippen molar-refractivity contribution in [1.82, 2.24) is 89.6 Å². The van der Waals surface area contributed by atoms with Crippen LogP contribution in [0.15, 0.2) is 126 Å². The van der Waals surface area contributed by atoms with Crippen LogP contribution in [0.1, 0.15) is 158 Å². The summed E-state index contributed by atoms with van der Waals surface area (Å²) < 4.78 is 22.4. The highest BCUT2D eigenvalue weighted by Crippen LogP contribution is 2.32. The van der Waals surface area contributed by atoms with Crippen LogP contribution < -0.4 is 35.2 Å². The molecule has 0 spiro atoms. The largest absolute Gasteiger partial charge is 0.497 e. The summed E-state index contributed by atoms with van der Waals surface area (Å²) in [5, 5.41) is 10.2. The number of carbonyl (C=O) groups excluding carboxylic acids is 2. The molecule has 27 heteroatoms. The zero-order valence-electron chi connectivity index (χ0n) is 83.1. The van der Waals surface area contributed by atoms with Gasteiger partial charge in [0.05, 0.1) is 18.7 Å². The number of pyridine rings is 2. The van der Waals surface area contributed by atoms with E-state index in [4.69, 9.17) is 18.9 Å². The highest BCUT2D eigenvalue weighted by atomic mass is 79.9. The molecule has 129 heavy (non-hydrogen) atoms. The molecule has 0 bridgehead atoms. The molecule has 0 unspecified atom stereocenters. The van der Waals surface area contributed by atoms with Crippen LogP contribution in [0.5, 0.6) is 11.5 Å². The van der Waals surface area contributed by atoms with Gasteiger partial charge in [-0.1, -0.05) is 91.0 Å². The first-order valence-electron chi connectivity index (χ1n) is 49.2. The smallest absolute Gasteiger partial charge is 0.410 e. The van der Waals surface area contributed by atoms with Crippen LogP contribution in [0.2, 0.25) is 0 Å². The summed E-state index contributed by atoms with van der Waals surface area (Å²) in [4.78, 5) is 69.4. The fraction of sp³-hybridized carbons (Fsp3) is 0.706. The van der Waals surface area contributed by atoms with Crippen LogP contribution in [0.25, 0.3) is 0 Å². The van der Waals surface area contributed by atoms with Crippen molar-refractivity contribution in [3.8, 4) is 11.5 Å². The summed E-state index contributed by atoms with van der Waals surface area (Å²) in [5.74, 6) is 3.78. The number of likely N-dealkylation sites (tertiary alicyclic amines) is 4. The number of benzene rings is 3. The van der Waals surface area contributed by atoms with Crippen LogP contribution >= 0.6 is 15.9 Å². The molecule has 5 aromatic rings. The summed E-state index contributed by atoms with van der Waals surface area (Å²) in [6, 6.07) is 44.9. The molecule has 2 amide bonds. The number of amides is 2. The molecular weight excluding hydrogens is 1680 g/mol. The quantitative estimate of drug-likeness (QED) is 0.0954. The Balaban J connectivity index is 0.000000158. The van der Waals surface area contributed by atoms with Gasteiger partial charge in [-0.15, -0.1) is 0 Å². The lowest BCUT2D eigenvalue weighted by molar-refractivity contribution is 0.00455. The lowest BCUT2D eigenvalue weighted by Gasteiger charge is -2.45. The van der Waals surface area contributed by atoms with Gasteiger partial charge < -0.3 is 74.1 Å². The fourth-order valence-electron chi connectivity index (χ4n) is 19.8. The molecule has 7 atom stereocenters. The first-order valence-corrected chi connectivity index (χ1v) is 50.0. The molecule has 13 heterocycles. The van der Waals surface area contributed by atoms with E-state index in [0.717, 1.165) is 170 Å². The van der Waals surface area contributed by atoms with Gasteiger partial charge in [-0.2, -0.15) is 0 Å². The van der Waals surface area contributed by atoms with Crippen LogP contribution in [-0.4, -0.2) is 396 Å². The van der Waals surface area contributed by atoms with E-state index < -0.39 is 11.2 Å². The highest BCUT2D eigenvalue weighted by molar-refractivity contribution is 9.10. The van der Waals surface area contributed by atoms with Crippen LogP contribution in [-0.2, 0) is 29.1 Å². The minimum absolute atomic E-state index is 0.200. The molecular formula is C102H171BrN20O6. The average molecular weight is 1850 g/mol. The number of halogens is 1. The van der Waals surface area contributed by atoms with E-state index in [-0.39, 0.29) is 12.2 Å². The number of anilines is 2. The van der Waals surface area contributed by atoms with Crippen molar-refractivity contribution in [2.24, 2.45) is 0 Å². The van der Waals surface area contributed by atoms with Gasteiger partial charge in [-0.3, -0.25) is 34.3 Å². The molecule has 11 aliphatic heterocycles. The van der Waals surface area contributed by atoms with Crippen molar-refractivity contribution in [2.45, 2.75) is 239 Å². The second kappa shape index (κ2) is 53.1. The van der Waals surface area contributed by atoms with Gasteiger partial charge in [0.25, 0.3) is 0 Å². The van der Waals surface area contributed by atoms with Gasteiger partial charge in [0.2, 0.25) is 0 Å². The molecule has 11 aliphatic rings. The zero-order valence-corrected chi connectivity index (χ0v) is 84.7. The summed E-state index contributed by atoms with van der Waals surface area (Å²) in [6.45, 7) is 62.3. The van der Waals surface area contributed by atoms with E-state index in [0.29, 0.717) is 42.3 Å². The number of hydrogen-bond acceptors (Lipinski definition) is 24. The summed E-state index contributed by atoms with van der Waals surface area (Å²) in [5.41, 5.74) is 3.35. The Morgan fingerprint density at radius 2 is 0.775 bits per heavy atom. The molecule has 3 N–H and O–H groups in total. The van der Waals surface area contributed by atoms with E-state index in [2.05, 4.69) is 267 Å². The lowest BCUT2D eigenvalue weighted by Crippen LogP contribution is -2.56. The number of piperazine rings is 7. The minimum atomic E-state index is -0.429. The number of methoxy groups -OCH3 is 2. The molecule has 11 fully saturated rings. The molecule has 2 aromatic heterocycles. The molecule has 16 rings (SSSR count). The number of carbonyl (C=O) groups is 2. The predicted octanol–water partition coefficient (Wildman–Crippen LogP) is 12.6. The Morgan fingerprint density at radius 1 is 0.395 bits per heavy atom. The number of aromatic nitrogens is 2. The average Bonchev–Trinajstić information content (AvgIpc) is 0.825. The van der Waals surface area contributed by atoms with E-state index in [1.54, 1.807) is 19.1 Å². The van der Waals surface area contributed by atoms with Gasteiger partial charge in [0.1, 0.15) is 34.3 Å². The van der Waals surface area contributed by atoms with Crippen molar-refractivity contribution in [3.63, 3.8) is 0 Å². The predicted molar refractivity (Wildman–Crippen MR) is 534 cm³/mol. The van der Waals surface area contributed by atoms with Gasteiger partial charge in [-0.05, 0) is 261 Å². The van der Waals surface area contributed by atoms with Gasteiger partial charge in [0, 0.05) is 248 Å². The molecule has 0 radical (unpaired) electrons. The number of ether oxygens (including phenoxy) is 4. The zero-order chi connectivity index (χ0) is 92.6. The van der Waals surface area contributed by atoms with Crippen molar-refractivity contribution in [1.29, 1.82) is 0 Å². The van der Waals surface area contributed by atoms with E-state index in [1.165, 1.54) is 160 Å². The Bertz CT molecular complexity index is 3960. The lowest BCUT2D eigenvalue weighted by atomic mass is 10.0. The third kappa shape index (κ3) is 35.4. The Labute approximate surface area is 788 Å². The third-order valence-corrected chi connectivity index (χ3v) is 28.3. The molecule has 11 saturated heterocycles. The van der Waals surface area contributed by atoms with Crippen molar-refractivity contribution in [3.05, 3.63) is 143 Å². The Hall–Kier alpha value is -6.38. The second-order valence-corrected chi connectivity index (χ2v) is 41.5. The van der Waals surface area contributed by atoms with E-state index in [1.807, 2.05) is 83.1 Å². The van der Waals surface area contributed by atoms with Crippen molar-refractivity contribution < 1.29 is 28.5 Å². The SMILES string of the molecule is COc1cc(N2CCN(C3CCN(C)CC3)C[C@@H]2C)ncc1Br.COc1ccnc(N2CCN(C3CCN(C)CC3)C[C@@H]2C)c1.C[C@H]1CN(C(=O)OC(C)(C)C)CCN1.C[C@H]1CN(C(=O)OC(C)(C)C)CCN1Cc1ccccc1.C[C@H]1CN(C2CCN(C)CC2)CCN1.C[C@H]1CN(C2CCN(C)CC2)CCN1Cc1ccccc1.C[C@H]1CNCCN1Cc1ccccc1. The second-order valence-electron chi connectivity index (χ2n) is 40.6. The Kier molecular flexibility index (Phi) is 43.1. The number of nitrogens with one attached hydrogen (secondary N) is 3. The van der Waals surface area contributed by atoms with Gasteiger partial charge in [-0.25, -0.2) is 19.6 Å². The number of hydrogen-bond donors (Lipinski definition) is 3. The maximum absolute atomic E-state index is 12.1. The van der Waals surface area contributed by atoms with E-state index >= 15 is 0 Å². The van der Waals surface area contributed by atoms with Gasteiger partial charge >= 0.3 is 12.2 Å². The number of piperidine rings is 4. The Morgan fingerprint density at radius 3 is 1.16 bits per heavy atom. The third-order valence-electron chi connectivity index (χ3n) is 27.7. The summed E-state index contributed by atoms with van der Waals surface area (Å²) >= 11 is 3.48. The maximum atomic E-state index is 12.1. The fourth-order valence-corrected chi connectivity index (χ4v) is 20.1. The molecule has 0 aliphatic carbocycles. The van der Waals surface area contributed by atoms with Crippen LogP contribution in [0, 0.1) is 0 Å². The van der Waals surface area contributed by atoms with Crippen LogP contribution in [0.3, 0.4) is 0 Å². The standard InChI is InChI=1S/C18H29N3.C17H27BrN4O.C17H28N4O.C17H26N2O2.C12H18N2.C11H23N3.C10H20N2O2/c1-16-14-21(18-8-10-19(2)11-9-18)13-12-20(16)15-17-6-4-3-5-7-17;1-13-12-21(14-4-6-20(2)7-5-14)8-9-22(13)17-10-16(23-3)15(18)11-19-17;1-14-13-20(15-5-8-19(2)9-6-15)10-11-21(14)17-12-16(22-3)4-7-18-17;1-14-12-19(16(20)21-17(2,3)4)11-10-18(14)13-15-8-6-5-7-9-15;1-11-9-13-7-8-14(11)10-12-5-3-2-4-6-12;1-10-9-14(8-5-12-10)11-3-6-13(2)7-4-11;1-8-7-12(6-5-11-8)9(13)14-10(2,3)4/h3-7,16,18H,8-15H2,1-2H3;10-11,13-14H,4-9,12H2,1-3H3;4,7,12,14-15H,5-6,8-11,13H2,1-3H3;5-9,14H,10-13H2,1-4H3;2-6,11,13H,7-10H2,1H3;10-12H,3-9H2,1-2H3;8,11H,5-7H2,1-4H3/t16-;13-;2*14-;11-;10-;8-/m0000000/s1. The molecule has 3 aromatic carbocycles. The number of nitrogens with zero attached hydrogens (tertiary/aromatic N) is 17. The number of rotatable bonds is 14. The highest BCUT2D eigenvalue weighted by Gasteiger charge is 2.37. The molecule has 26 nitrogen and oxygen atoms in total. The normalized spacial score (nSPS) is 25.2. The summed E-state index contributed by atoms with van der Waals surface area (Å²) in [7, 11) is 12.3. The van der Waals surface area contributed by atoms with E-state index in [9.17, 15) is 9.59 Å². The maximum Gasteiger partial charge on any atom is 0.410 e. The first kappa shape index (κ1) is 105. The first-order chi connectivity index (χ1) is 61.8. The molecule has 0 saturated carbocycles. The van der Waals surface area contributed by atoms with Gasteiger partial charge in [0.15, 0.2) is 0 Å².